The van der Waals surface area contributed by atoms with Crippen LogP contribution in [-0.2, 0) is 0 Å². The molecule has 0 atom stereocenters. The van der Waals surface area contributed by atoms with Crippen molar-refractivity contribution >= 4 is 17.6 Å². The molecule has 3 aliphatic rings. The number of carbonyl (C=O) groups is 2. The van der Waals surface area contributed by atoms with Crippen molar-refractivity contribution in [2.75, 3.05) is 44.2 Å². The molecule has 158 valence electrons. The van der Waals surface area contributed by atoms with Crippen molar-refractivity contribution in [3.63, 3.8) is 0 Å². The Labute approximate surface area is 173 Å². The predicted molar refractivity (Wildman–Crippen MR) is 114 cm³/mol. The van der Waals surface area contributed by atoms with Gasteiger partial charge >= 0.3 is 6.03 Å². The Morgan fingerprint density at radius 2 is 1.72 bits per heavy atom. The lowest BCUT2D eigenvalue weighted by Crippen LogP contribution is -2.45. The van der Waals surface area contributed by atoms with Gasteiger partial charge in [-0.25, -0.2) is 4.79 Å². The Hall–Kier alpha value is -2.28. The van der Waals surface area contributed by atoms with Crippen LogP contribution in [-0.4, -0.2) is 68.2 Å². The van der Waals surface area contributed by atoms with Crippen LogP contribution in [0.15, 0.2) is 24.3 Å². The zero-order valence-electron chi connectivity index (χ0n) is 17.2. The summed E-state index contributed by atoms with van der Waals surface area (Å²) in [6.45, 7) is 5.22. The summed E-state index contributed by atoms with van der Waals surface area (Å²) in [5.41, 5.74) is 1.94. The van der Waals surface area contributed by atoms with E-state index in [1.54, 1.807) is 0 Å². The summed E-state index contributed by atoms with van der Waals surface area (Å²) in [5.74, 6) is 0.0537. The number of hydrogen-bond acceptors (Lipinski definition) is 4. The maximum Gasteiger partial charge on any atom is 0.317 e. The number of rotatable bonds is 7. The maximum absolute atomic E-state index is 12.4. The van der Waals surface area contributed by atoms with Gasteiger partial charge in [-0.2, -0.15) is 0 Å². The van der Waals surface area contributed by atoms with Gasteiger partial charge in [0.25, 0.3) is 5.91 Å². The van der Waals surface area contributed by atoms with E-state index in [1.165, 1.54) is 18.5 Å². The van der Waals surface area contributed by atoms with Gasteiger partial charge in [0.2, 0.25) is 0 Å². The van der Waals surface area contributed by atoms with E-state index < -0.39 is 0 Å². The molecule has 1 aromatic rings. The second kappa shape index (κ2) is 9.48. The van der Waals surface area contributed by atoms with Gasteiger partial charge in [0.1, 0.15) is 0 Å². The second-order valence-electron chi connectivity index (χ2n) is 8.44. The molecule has 3 amide bonds. The standard InChI is InChI=1S/C22H33N5O2/c28-21(25-19-3-1-2-4-19)17-5-7-20(8-6-17)26-13-9-18(10-14-26)23-11-15-27-16-12-24-22(27)29/h5-8,18-19,23H,1-4,9-16H2,(H,24,29)(H,25,28). The third-order valence-electron chi connectivity index (χ3n) is 6.44. The minimum absolute atomic E-state index is 0.0537. The molecule has 7 heteroatoms. The molecule has 0 radical (unpaired) electrons. The van der Waals surface area contributed by atoms with Crippen molar-refractivity contribution < 1.29 is 9.59 Å². The van der Waals surface area contributed by atoms with Gasteiger partial charge in [0, 0.05) is 62.6 Å². The molecule has 1 aliphatic carbocycles. The highest BCUT2D eigenvalue weighted by Crippen LogP contribution is 2.22. The average Bonchev–Trinajstić information content (AvgIpc) is 3.41. The van der Waals surface area contributed by atoms with Gasteiger partial charge in [-0.3, -0.25) is 4.79 Å². The van der Waals surface area contributed by atoms with Crippen LogP contribution in [0.2, 0.25) is 0 Å². The molecule has 3 N–H and O–H groups in total. The minimum atomic E-state index is 0.0537. The molecular formula is C22H33N5O2. The summed E-state index contributed by atoms with van der Waals surface area (Å²) >= 11 is 0. The number of anilines is 1. The topological polar surface area (TPSA) is 76.7 Å². The van der Waals surface area contributed by atoms with E-state index in [4.69, 9.17) is 0 Å². The van der Waals surface area contributed by atoms with E-state index in [2.05, 4.69) is 33.0 Å². The van der Waals surface area contributed by atoms with Crippen molar-refractivity contribution in [1.82, 2.24) is 20.9 Å². The molecular weight excluding hydrogens is 366 g/mol. The fraction of sp³-hybridized carbons (Fsp3) is 0.636. The highest BCUT2D eigenvalue weighted by atomic mass is 16.2. The second-order valence-corrected chi connectivity index (χ2v) is 8.44. The fourth-order valence-corrected chi connectivity index (χ4v) is 4.63. The summed E-state index contributed by atoms with van der Waals surface area (Å²) in [5, 5.41) is 9.59. The molecule has 2 aliphatic heterocycles. The molecule has 1 saturated carbocycles. The number of nitrogens with one attached hydrogen (secondary N) is 3. The number of hydrogen-bond donors (Lipinski definition) is 3. The Bertz CT molecular complexity index is 694. The number of carbonyl (C=O) groups excluding carboxylic acids is 2. The highest BCUT2D eigenvalue weighted by molar-refractivity contribution is 5.94. The van der Waals surface area contributed by atoms with Crippen molar-refractivity contribution in [2.45, 2.75) is 50.6 Å². The lowest BCUT2D eigenvalue weighted by molar-refractivity contribution is 0.0938. The van der Waals surface area contributed by atoms with Gasteiger partial charge in [-0.1, -0.05) is 12.8 Å². The molecule has 7 nitrogen and oxygen atoms in total. The molecule has 2 saturated heterocycles. The Kier molecular flexibility index (Phi) is 6.54. The largest absolute Gasteiger partial charge is 0.371 e. The first-order valence-electron chi connectivity index (χ1n) is 11.1. The maximum atomic E-state index is 12.4. The van der Waals surface area contributed by atoms with Crippen molar-refractivity contribution in [3.8, 4) is 0 Å². The van der Waals surface area contributed by atoms with Crippen LogP contribution in [0.25, 0.3) is 0 Å². The van der Waals surface area contributed by atoms with E-state index >= 15 is 0 Å². The van der Waals surface area contributed by atoms with Gasteiger partial charge in [0.15, 0.2) is 0 Å². The van der Waals surface area contributed by atoms with Crippen molar-refractivity contribution in [3.05, 3.63) is 29.8 Å². The first-order chi connectivity index (χ1) is 14.2. The van der Waals surface area contributed by atoms with E-state index in [1.807, 2.05) is 17.0 Å². The summed E-state index contributed by atoms with van der Waals surface area (Å²) in [7, 11) is 0. The first-order valence-corrected chi connectivity index (χ1v) is 11.1. The lowest BCUT2D eigenvalue weighted by Gasteiger charge is -2.34. The van der Waals surface area contributed by atoms with E-state index in [0.717, 1.165) is 70.5 Å². The Morgan fingerprint density at radius 1 is 1.00 bits per heavy atom. The SMILES string of the molecule is O=C(NC1CCCC1)c1ccc(N2CCC(NCCN3CCNC3=O)CC2)cc1. The van der Waals surface area contributed by atoms with Crippen LogP contribution in [0.3, 0.4) is 0 Å². The van der Waals surface area contributed by atoms with Crippen LogP contribution in [0.1, 0.15) is 48.9 Å². The molecule has 0 bridgehead atoms. The monoisotopic (exact) mass is 399 g/mol. The van der Waals surface area contributed by atoms with Gasteiger partial charge in [-0.05, 0) is 49.9 Å². The molecule has 2 heterocycles. The summed E-state index contributed by atoms with van der Waals surface area (Å²) in [4.78, 5) is 28.2. The molecule has 1 aromatic carbocycles. The number of urea groups is 1. The molecule has 3 fully saturated rings. The highest BCUT2D eigenvalue weighted by Gasteiger charge is 2.22. The molecule has 4 rings (SSSR count). The Morgan fingerprint density at radius 3 is 2.38 bits per heavy atom. The van der Waals surface area contributed by atoms with Crippen molar-refractivity contribution in [1.29, 1.82) is 0 Å². The van der Waals surface area contributed by atoms with Crippen LogP contribution >= 0.6 is 0 Å². The van der Waals surface area contributed by atoms with E-state index in [0.29, 0.717) is 12.1 Å². The third kappa shape index (κ3) is 5.21. The van der Waals surface area contributed by atoms with Gasteiger partial charge in [-0.15, -0.1) is 0 Å². The number of amides is 3. The zero-order chi connectivity index (χ0) is 20.1. The van der Waals surface area contributed by atoms with Crippen LogP contribution in [0, 0.1) is 0 Å². The fourth-order valence-electron chi connectivity index (χ4n) is 4.63. The summed E-state index contributed by atoms with van der Waals surface area (Å²) < 4.78 is 0. The minimum Gasteiger partial charge on any atom is -0.371 e. The molecule has 29 heavy (non-hydrogen) atoms. The average molecular weight is 400 g/mol. The smallest absolute Gasteiger partial charge is 0.317 e. The summed E-state index contributed by atoms with van der Waals surface area (Å²) in [6, 6.07) is 8.96. The first kappa shape index (κ1) is 20.0. The van der Waals surface area contributed by atoms with E-state index in [9.17, 15) is 9.59 Å². The number of nitrogens with zero attached hydrogens (tertiary/aromatic N) is 2. The third-order valence-corrected chi connectivity index (χ3v) is 6.44. The number of benzene rings is 1. The van der Waals surface area contributed by atoms with Crippen LogP contribution in [0.5, 0.6) is 0 Å². The van der Waals surface area contributed by atoms with Crippen LogP contribution < -0.4 is 20.9 Å². The molecule has 0 spiro atoms. The summed E-state index contributed by atoms with van der Waals surface area (Å²) in [6.07, 6.45) is 6.85. The Balaban J connectivity index is 1.19. The predicted octanol–water partition coefficient (Wildman–Crippen LogP) is 1.94. The number of piperidine rings is 1. The zero-order valence-corrected chi connectivity index (χ0v) is 17.2. The van der Waals surface area contributed by atoms with E-state index in [-0.39, 0.29) is 11.9 Å². The van der Waals surface area contributed by atoms with Gasteiger partial charge < -0.3 is 25.8 Å². The quantitative estimate of drug-likeness (QED) is 0.655. The molecule has 0 aromatic heterocycles. The van der Waals surface area contributed by atoms with Crippen molar-refractivity contribution in [2.24, 2.45) is 0 Å². The normalized spacial score (nSPS) is 20.9. The lowest BCUT2D eigenvalue weighted by atomic mass is 10.0. The van der Waals surface area contributed by atoms with Crippen LogP contribution in [0.4, 0.5) is 10.5 Å². The van der Waals surface area contributed by atoms with Gasteiger partial charge in [0.05, 0.1) is 0 Å². The molecule has 0 unspecified atom stereocenters.